The average molecular weight is 272 g/mol. The van der Waals surface area contributed by atoms with Crippen molar-refractivity contribution in [3.8, 4) is 11.4 Å². The van der Waals surface area contributed by atoms with Crippen molar-refractivity contribution in [2.24, 2.45) is 0 Å². The van der Waals surface area contributed by atoms with E-state index in [1.54, 1.807) is 6.07 Å². The molecule has 0 spiro atoms. The van der Waals surface area contributed by atoms with E-state index in [0.717, 1.165) is 37.6 Å². The zero-order valence-corrected chi connectivity index (χ0v) is 11.7. The molecule has 0 fully saturated rings. The number of aromatic nitrogens is 2. The van der Waals surface area contributed by atoms with Gasteiger partial charge in [0.25, 0.3) is 0 Å². The highest BCUT2D eigenvalue weighted by molar-refractivity contribution is 5.60. The van der Waals surface area contributed by atoms with Crippen LogP contribution in [0, 0.1) is 0 Å². The van der Waals surface area contributed by atoms with Gasteiger partial charge < -0.3 is 15.8 Å². The molecule has 0 radical (unpaired) electrons. The van der Waals surface area contributed by atoms with E-state index in [2.05, 4.69) is 15.3 Å². The molecule has 0 aliphatic heterocycles. The Morgan fingerprint density at radius 1 is 1.20 bits per heavy atom. The van der Waals surface area contributed by atoms with E-state index in [4.69, 9.17) is 10.5 Å². The van der Waals surface area contributed by atoms with E-state index in [-0.39, 0.29) is 0 Å². The summed E-state index contributed by atoms with van der Waals surface area (Å²) in [6.07, 6.45) is 0.929. The topological polar surface area (TPSA) is 73.1 Å². The molecule has 0 saturated heterocycles. The Labute approximate surface area is 119 Å². The number of benzene rings is 1. The number of ether oxygens (including phenoxy) is 1. The summed E-state index contributed by atoms with van der Waals surface area (Å²) >= 11 is 0. The summed E-state index contributed by atoms with van der Waals surface area (Å²) in [6, 6.07) is 11.5. The number of nitrogens with two attached hydrogens (primary N) is 1. The van der Waals surface area contributed by atoms with Crippen molar-refractivity contribution in [2.75, 3.05) is 30.8 Å². The minimum Gasteiger partial charge on any atom is -0.384 e. The SMILES string of the molecule is CCOCCCNc1cc(N)nc(-c2ccccc2)n1. The van der Waals surface area contributed by atoms with Crippen LogP contribution < -0.4 is 11.1 Å². The number of rotatable bonds is 7. The van der Waals surface area contributed by atoms with Gasteiger partial charge in [-0.3, -0.25) is 0 Å². The van der Waals surface area contributed by atoms with Crippen molar-refractivity contribution < 1.29 is 4.74 Å². The molecule has 0 amide bonds. The Hall–Kier alpha value is -2.14. The van der Waals surface area contributed by atoms with E-state index >= 15 is 0 Å². The highest BCUT2D eigenvalue weighted by Crippen LogP contribution is 2.18. The van der Waals surface area contributed by atoms with Crippen LogP contribution in [-0.4, -0.2) is 29.7 Å². The van der Waals surface area contributed by atoms with Crippen LogP contribution in [-0.2, 0) is 4.74 Å². The van der Waals surface area contributed by atoms with Gasteiger partial charge >= 0.3 is 0 Å². The predicted octanol–water partition coefficient (Wildman–Crippen LogP) is 2.56. The maximum absolute atomic E-state index is 5.83. The molecular formula is C15H20N4O. The predicted molar refractivity (Wildman–Crippen MR) is 81.5 cm³/mol. The second-order valence-corrected chi connectivity index (χ2v) is 4.34. The quantitative estimate of drug-likeness (QED) is 0.758. The highest BCUT2D eigenvalue weighted by Gasteiger charge is 2.04. The first kappa shape index (κ1) is 14.3. The van der Waals surface area contributed by atoms with E-state index in [1.807, 2.05) is 37.3 Å². The minimum absolute atomic E-state index is 0.464. The molecule has 0 saturated carbocycles. The fourth-order valence-electron chi connectivity index (χ4n) is 1.81. The second-order valence-electron chi connectivity index (χ2n) is 4.34. The van der Waals surface area contributed by atoms with E-state index in [0.29, 0.717) is 11.6 Å². The summed E-state index contributed by atoms with van der Waals surface area (Å²) in [6.45, 7) is 4.28. The third-order valence-electron chi connectivity index (χ3n) is 2.75. The first-order valence-corrected chi connectivity index (χ1v) is 6.81. The van der Waals surface area contributed by atoms with Gasteiger partial charge in [-0.15, -0.1) is 0 Å². The van der Waals surface area contributed by atoms with Gasteiger partial charge in [0.05, 0.1) is 0 Å². The Balaban J connectivity index is 2.02. The number of hydrogen-bond donors (Lipinski definition) is 2. The van der Waals surface area contributed by atoms with E-state index < -0.39 is 0 Å². The van der Waals surface area contributed by atoms with Crippen LogP contribution in [0.5, 0.6) is 0 Å². The van der Waals surface area contributed by atoms with Gasteiger partial charge in [0.1, 0.15) is 11.6 Å². The second kappa shape index (κ2) is 7.45. The molecule has 5 heteroatoms. The molecule has 0 unspecified atom stereocenters. The van der Waals surface area contributed by atoms with Gasteiger partial charge in [-0.25, -0.2) is 9.97 Å². The van der Waals surface area contributed by atoms with Gasteiger partial charge in [-0.1, -0.05) is 30.3 Å². The first-order chi connectivity index (χ1) is 9.79. The third kappa shape index (κ3) is 4.20. The minimum atomic E-state index is 0.464. The Morgan fingerprint density at radius 3 is 2.75 bits per heavy atom. The molecule has 0 atom stereocenters. The lowest BCUT2D eigenvalue weighted by Gasteiger charge is -2.08. The fourth-order valence-corrected chi connectivity index (χ4v) is 1.81. The molecule has 0 aliphatic rings. The van der Waals surface area contributed by atoms with Gasteiger partial charge in [0.15, 0.2) is 5.82 Å². The smallest absolute Gasteiger partial charge is 0.163 e. The maximum atomic E-state index is 5.83. The summed E-state index contributed by atoms with van der Waals surface area (Å²) in [5, 5.41) is 3.24. The molecule has 0 bridgehead atoms. The summed E-state index contributed by atoms with van der Waals surface area (Å²) in [4.78, 5) is 8.74. The lowest BCUT2D eigenvalue weighted by atomic mass is 10.2. The molecule has 1 aromatic heterocycles. The molecule has 3 N–H and O–H groups in total. The molecule has 0 aliphatic carbocycles. The zero-order valence-electron chi connectivity index (χ0n) is 11.7. The molecule has 20 heavy (non-hydrogen) atoms. The molecule has 2 rings (SSSR count). The van der Waals surface area contributed by atoms with Crippen molar-refractivity contribution in [1.29, 1.82) is 0 Å². The van der Waals surface area contributed by atoms with Crippen LogP contribution in [0.2, 0.25) is 0 Å². The lowest BCUT2D eigenvalue weighted by Crippen LogP contribution is -2.08. The summed E-state index contributed by atoms with van der Waals surface area (Å²) in [5.41, 5.74) is 6.79. The fraction of sp³-hybridized carbons (Fsp3) is 0.333. The Bertz CT molecular complexity index is 531. The van der Waals surface area contributed by atoms with Crippen molar-refractivity contribution in [2.45, 2.75) is 13.3 Å². The van der Waals surface area contributed by atoms with Crippen molar-refractivity contribution in [1.82, 2.24) is 9.97 Å². The van der Waals surface area contributed by atoms with E-state index in [9.17, 15) is 0 Å². The van der Waals surface area contributed by atoms with E-state index in [1.165, 1.54) is 0 Å². The van der Waals surface area contributed by atoms with Crippen LogP contribution in [0.3, 0.4) is 0 Å². The van der Waals surface area contributed by atoms with Crippen molar-refractivity contribution in [3.63, 3.8) is 0 Å². The van der Waals surface area contributed by atoms with Gasteiger partial charge in [0, 0.05) is 31.4 Å². The van der Waals surface area contributed by atoms with Crippen LogP contribution >= 0.6 is 0 Å². The molecular weight excluding hydrogens is 252 g/mol. The largest absolute Gasteiger partial charge is 0.384 e. The number of nitrogen functional groups attached to an aromatic ring is 1. The molecule has 1 heterocycles. The summed E-state index contributed by atoms with van der Waals surface area (Å²) < 4.78 is 5.29. The number of nitrogens with zero attached hydrogens (tertiary/aromatic N) is 2. The van der Waals surface area contributed by atoms with Crippen molar-refractivity contribution >= 4 is 11.6 Å². The van der Waals surface area contributed by atoms with Crippen LogP contribution in [0.25, 0.3) is 11.4 Å². The summed E-state index contributed by atoms with van der Waals surface area (Å²) in [5.74, 6) is 1.84. The average Bonchev–Trinajstić information content (AvgIpc) is 2.47. The van der Waals surface area contributed by atoms with Gasteiger partial charge in [-0.05, 0) is 13.3 Å². The highest BCUT2D eigenvalue weighted by atomic mass is 16.5. The monoisotopic (exact) mass is 272 g/mol. The lowest BCUT2D eigenvalue weighted by molar-refractivity contribution is 0.147. The maximum Gasteiger partial charge on any atom is 0.163 e. The van der Waals surface area contributed by atoms with Gasteiger partial charge in [0.2, 0.25) is 0 Å². The standard InChI is InChI=1S/C15H20N4O/c1-2-20-10-6-9-17-14-11-13(16)18-15(19-14)12-7-4-3-5-8-12/h3-5,7-8,11H,2,6,9-10H2,1H3,(H3,16,17,18,19). The molecule has 5 nitrogen and oxygen atoms in total. The first-order valence-electron chi connectivity index (χ1n) is 6.81. The Kier molecular flexibility index (Phi) is 5.32. The molecule has 1 aromatic carbocycles. The summed E-state index contributed by atoms with van der Waals surface area (Å²) in [7, 11) is 0. The third-order valence-corrected chi connectivity index (χ3v) is 2.75. The van der Waals surface area contributed by atoms with Crippen molar-refractivity contribution in [3.05, 3.63) is 36.4 Å². The van der Waals surface area contributed by atoms with Crippen LogP contribution in [0.1, 0.15) is 13.3 Å². The number of anilines is 2. The molecule has 106 valence electrons. The van der Waals surface area contributed by atoms with Gasteiger partial charge in [-0.2, -0.15) is 0 Å². The van der Waals surface area contributed by atoms with Crippen LogP contribution in [0.15, 0.2) is 36.4 Å². The number of hydrogen-bond acceptors (Lipinski definition) is 5. The number of nitrogens with one attached hydrogen (secondary N) is 1. The zero-order chi connectivity index (χ0) is 14.2. The molecule has 2 aromatic rings. The normalized spacial score (nSPS) is 10.4. The Morgan fingerprint density at radius 2 is 2.00 bits per heavy atom. The van der Waals surface area contributed by atoms with Crippen LogP contribution in [0.4, 0.5) is 11.6 Å².